The number of hydrogen-bond donors (Lipinski definition) is 0. The second-order valence-electron chi connectivity index (χ2n) is 5.45. The number of aromatic nitrogens is 1. The number of hydrogen-bond acceptors (Lipinski definition) is 3. The van der Waals surface area contributed by atoms with E-state index in [1.807, 2.05) is 6.07 Å². The molecule has 0 saturated heterocycles. The van der Waals surface area contributed by atoms with E-state index in [1.165, 1.54) is 10.9 Å². The van der Waals surface area contributed by atoms with Gasteiger partial charge in [0.05, 0.1) is 24.9 Å². The smallest absolute Gasteiger partial charge is 0.146 e. The van der Waals surface area contributed by atoms with Gasteiger partial charge < -0.3 is 18.8 Å². The first-order valence-electron chi connectivity index (χ1n) is 7.55. The zero-order valence-corrected chi connectivity index (χ0v) is 13.7. The van der Waals surface area contributed by atoms with E-state index in [0.717, 1.165) is 22.5 Å². The normalized spacial score (nSPS) is 11.1. The summed E-state index contributed by atoms with van der Waals surface area (Å²) >= 11 is 0. The zero-order chi connectivity index (χ0) is 16.2. The van der Waals surface area contributed by atoms with E-state index >= 15 is 0 Å². The minimum atomic E-state index is 0.285. The first kappa shape index (κ1) is 15.6. The van der Waals surface area contributed by atoms with Crippen molar-refractivity contribution in [3.05, 3.63) is 59.8 Å². The van der Waals surface area contributed by atoms with Crippen molar-refractivity contribution >= 4 is 10.9 Å². The molecule has 0 radical (unpaired) electrons. The molecule has 0 aliphatic carbocycles. The number of aryl methyl sites for hydroxylation is 1. The standard InChI is InChI=1S/C19H21NO3/c1-14-5-4-6-16(12-23-13-21-2)19(14)20-10-9-15-7-8-17(22-3)11-18(15)20/h4-11H,12-13H2,1-3H3. The highest BCUT2D eigenvalue weighted by molar-refractivity contribution is 5.84. The Kier molecular flexibility index (Phi) is 4.65. The Morgan fingerprint density at radius 1 is 1.04 bits per heavy atom. The van der Waals surface area contributed by atoms with Crippen LogP contribution in [0.2, 0.25) is 0 Å². The molecule has 23 heavy (non-hydrogen) atoms. The number of nitrogens with zero attached hydrogens (tertiary/aromatic N) is 1. The van der Waals surface area contributed by atoms with Crippen LogP contribution in [0.5, 0.6) is 5.75 Å². The monoisotopic (exact) mass is 311 g/mol. The van der Waals surface area contributed by atoms with Crippen LogP contribution in [0.3, 0.4) is 0 Å². The number of methoxy groups -OCH3 is 2. The van der Waals surface area contributed by atoms with Gasteiger partial charge in [-0.05, 0) is 30.7 Å². The summed E-state index contributed by atoms with van der Waals surface area (Å²) in [5.41, 5.74) is 4.59. The third-order valence-electron chi connectivity index (χ3n) is 3.92. The topological polar surface area (TPSA) is 32.6 Å². The minimum absolute atomic E-state index is 0.285. The van der Waals surface area contributed by atoms with Crippen LogP contribution in [-0.4, -0.2) is 25.6 Å². The Hall–Kier alpha value is -2.30. The average Bonchev–Trinajstić information content (AvgIpc) is 2.98. The molecule has 0 aliphatic heterocycles. The summed E-state index contributed by atoms with van der Waals surface area (Å²) in [5.74, 6) is 0.850. The van der Waals surface area contributed by atoms with Gasteiger partial charge in [0.15, 0.2) is 0 Å². The summed E-state index contributed by atoms with van der Waals surface area (Å²) in [4.78, 5) is 0. The Labute approximate surface area is 136 Å². The first-order chi connectivity index (χ1) is 11.2. The molecule has 4 nitrogen and oxygen atoms in total. The van der Waals surface area contributed by atoms with Gasteiger partial charge in [-0.2, -0.15) is 0 Å². The lowest BCUT2D eigenvalue weighted by Crippen LogP contribution is -2.04. The van der Waals surface area contributed by atoms with Gasteiger partial charge in [0.1, 0.15) is 12.5 Å². The molecular formula is C19H21NO3. The van der Waals surface area contributed by atoms with Crippen LogP contribution in [-0.2, 0) is 16.1 Å². The summed E-state index contributed by atoms with van der Waals surface area (Å²) in [6, 6.07) is 14.5. The lowest BCUT2D eigenvalue weighted by molar-refractivity contribution is -0.0390. The molecule has 1 heterocycles. The van der Waals surface area contributed by atoms with Crippen LogP contribution in [0, 0.1) is 6.92 Å². The molecule has 4 heteroatoms. The van der Waals surface area contributed by atoms with Gasteiger partial charge in [-0.15, -0.1) is 0 Å². The van der Waals surface area contributed by atoms with Crippen molar-refractivity contribution in [3.63, 3.8) is 0 Å². The van der Waals surface area contributed by atoms with Crippen LogP contribution in [0.1, 0.15) is 11.1 Å². The fourth-order valence-electron chi connectivity index (χ4n) is 2.85. The number of benzene rings is 2. The lowest BCUT2D eigenvalue weighted by atomic mass is 10.1. The molecular weight excluding hydrogens is 290 g/mol. The van der Waals surface area contributed by atoms with Crippen LogP contribution in [0.15, 0.2) is 48.7 Å². The fourth-order valence-corrected chi connectivity index (χ4v) is 2.85. The predicted molar refractivity (Wildman–Crippen MR) is 91.2 cm³/mol. The van der Waals surface area contributed by atoms with Crippen molar-refractivity contribution < 1.29 is 14.2 Å². The highest BCUT2D eigenvalue weighted by atomic mass is 16.7. The van der Waals surface area contributed by atoms with Gasteiger partial charge in [-0.3, -0.25) is 0 Å². The van der Waals surface area contributed by atoms with E-state index in [9.17, 15) is 0 Å². The molecule has 0 fully saturated rings. The van der Waals surface area contributed by atoms with E-state index < -0.39 is 0 Å². The number of ether oxygens (including phenoxy) is 3. The Morgan fingerprint density at radius 2 is 1.91 bits per heavy atom. The molecule has 2 aromatic carbocycles. The SMILES string of the molecule is COCOCc1cccc(C)c1-n1ccc2ccc(OC)cc21. The van der Waals surface area contributed by atoms with Crippen molar-refractivity contribution in [2.45, 2.75) is 13.5 Å². The number of para-hydroxylation sites is 1. The summed E-state index contributed by atoms with van der Waals surface area (Å²) in [7, 11) is 3.31. The zero-order valence-electron chi connectivity index (χ0n) is 13.7. The first-order valence-corrected chi connectivity index (χ1v) is 7.55. The summed E-state index contributed by atoms with van der Waals surface area (Å²) in [5, 5.41) is 1.18. The maximum Gasteiger partial charge on any atom is 0.146 e. The average molecular weight is 311 g/mol. The van der Waals surface area contributed by atoms with Crippen LogP contribution >= 0.6 is 0 Å². The number of fused-ring (bicyclic) bond motifs is 1. The van der Waals surface area contributed by atoms with Gasteiger partial charge >= 0.3 is 0 Å². The molecule has 0 saturated carbocycles. The maximum absolute atomic E-state index is 5.56. The molecule has 0 unspecified atom stereocenters. The third kappa shape index (κ3) is 3.09. The van der Waals surface area contributed by atoms with Crippen LogP contribution in [0.25, 0.3) is 16.6 Å². The molecule has 0 spiro atoms. The van der Waals surface area contributed by atoms with Crippen molar-refractivity contribution in [2.75, 3.05) is 21.0 Å². The molecule has 1 aromatic heterocycles. The minimum Gasteiger partial charge on any atom is -0.497 e. The quantitative estimate of drug-likeness (QED) is 0.508. The second-order valence-corrected chi connectivity index (χ2v) is 5.45. The van der Waals surface area contributed by atoms with Crippen LogP contribution < -0.4 is 4.74 Å². The molecule has 120 valence electrons. The van der Waals surface area contributed by atoms with Gasteiger partial charge in [0.25, 0.3) is 0 Å². The van der Waals surface area contributed by atoms with Gasteiger partial charge in [-0.1, -0.05) is 18.2 Å². The molecule has 0 bridgehead atoms. The van der Waals surface area contributed by atoms with Crippen LogP contribution in [0.4, 0.5) is 0 Å². The van der Waals surface area contributed by atoms with Gasteiger partial charge in [0, 0.05) is 30.3 Å². The maximum atomic E-state index is 5.56. The van der Waals surface area contributed by atoms with Crippen molar-refractivity contribution in [1.29, 1.82) is 0 Å². The third-order valence-corrected chi connectivity index (χ3v) is 3.92. The Morgan fingerprint density at radius 3 is 2.70 bits per heavy atom. The molecule has 3 aromatic rings. The lowest BCUT2D eigenvalue weighted by Gasteiger charge is -2.15. The highest BCUT2D eigenvalue weighted by Gasteiger charge is 2.11. The molecule has 0 N–H and O–H groups in total. The fraction of sp³-hybridized carbons (Fsp3) is 0.263. The van der Waals surface area contributed by atoms with Gasteiger partial charge in [-0.25, -0.2) is 0 Å². The van der Waals surface area contributed by atoms with Crippen molar-refractivity contribution in [2.24, 2.45) is 0 Å². The van der Waals surface area contributed by atoms with E-state index in [1.54, 1.807) is 14.2 Å². The Balaban J connectivity index is 2.10. The Bertz CT molecular complexity index is 807. The highest BCUT2D eigenvalue weighted by Crippen LogP contribution is 2.28. The molecule has 3 rings (SSSR count). The van der Waals surface area contributed by atoms with Gasteiger partial charge in [0.2, 0.25) is 0 Å². The summed E-state index contributed by atoms with van der Waals surface area (Å²) in [6.07, 6.45) is 2.09. The van der Waals surface area contributed by atoms with Crippen molar-refractivity contribution in [3.8, 4) is 11.4 Å². The molecule has 0 aliphatic rings. The summed E-state index contributed by atoms with van der Waals surface area (Å²) in [6.45, 7) is 2.91. The van der Waals surface area contributed by atoms with E-state index in [4.69, 9.17) is 14.2 Å². The summed E-state index contributed by atoms with van der Waals surface area (Å²) < 4.78 is 18.1. The molecule has 0 atom stereocenters. The molecule has 0 amide bonds. The predicted octanol–water partition coefficient (Wildman–Crippen LogP) is 4.07. The van der Waals surface area contributed by atoms with E-state index in [2.05, 4.69) is 54.1 Å². The van der Waals surface area contributed by atoms with E-state index in [0.29, 0.717) is 6.61 Å². The van der Waals surface area contributed by atoms with E-state index in [-0.39, 0.29) is 6.79 Å². The van der Waals surface area contributed by atoms with Crippen molar-refractivity contribution in [1.82, 2.24) is 4.57 Å². The number of rotatable bonds is 6. The largest absolute Gasteiger partial charge is 0.497 e. The second kappa shape index (κ2) is 6.86.